The van der Waals surface area contributed by atoms with E-state index >= 15 is 0 Å². The maximum Gasteiger partial charge on any atom is 0.388 e. The molecule has 4 nitrogen and oxygen atoms in total. The molecule has 0 saturated heterocycles. The number of fused-ring (bicyclic) bond motifs is 7. The molecule has 0 unspecified atom stereocenters. The second kappa shape index (κ2) is 12.7. The fraction of sp³-hybridized carbons (Fsp3) is 0.0732. The van der Waals surface area contributed by atoms with E-state index in [1.165, 1.54) is 0 Å². The molecule has 0 spiro atoms. The van der Waals surface area contributed by atoms with Crippen LogP contribution in [0.1, 0.15) is 28.9 Å². The Bertz CT molecular complexity index is 2200. The number of benzene rings is 7. The highest BCUT2D eigenvalue weighted by Crippen LogP contribution is 2.44. The molecule has 0 amide bonds. The van der Waals surface area contributed by atoms with Crippen molar-refractivity contribution in [1.82, 2.24) is 0 Å². The fourth-order valence-electron chi connectivity index (χ4n) is 6.18. The van der Waals surface area contributed by atoms with E-state index in [2.05, 4.69) is 97.1 Å². The maximum atomic E-state index is 7.00. The summed E-state index contributed by atoms with van der Waals surface area (Å²) < 4.78 is 27.3. The van der Waals surface area contributed by atoms with Crippen molar-refractivity contribution >= 4 is 51.7 Å². The molecule has 1 aromatic heterocycles. The smallest absolute Gasteiger partial charge is 0.388 e. The van der Waals surface area contributed by atoms with Gasteiger partial charge in [0.2, 0.25) is 0 Å². The van der Waals surface area contributed by atoms with Crippen molar-refractivity contribution in [3.05, 3.63) is 180 Å². The van der Waals surface area contributed by atoms with E-state index in [0.717, 1.165) is 60.2 Å². The Balaban J connectivity index is 1.34. The zero-order chi connectivity index (χ0) is 30.7. The summed E-state index contributed by atoms with van der Waals surface area (Å²) in [6.45, 7) is 0.427. The summed E-state index contributed by atoms with van der Waals surface area (Å²) in [6.07, 6.45) is -0.960. The molecule has 0 aliphatic carbocycles. The van der Waals surface area contributed by atoms with Gasteiger partial charge in [0.25, 0.3) is 0 Å². The Labute approximate surface area is 268 Å². The Morgan fingerprint density at radius 3 is 1.46 bits per heavy atom. The average molecular weight is 619 g/mol. The summed E-state index contributed by atoms with van der Waals surface area (Å²) >= 11 is 0. The monoisotopic (exact) mass is 618 g/mol. The van der Waals surface area contributed by atoms with Gasteiger partial charge >= 0.3 is 8.24 Å². The molecule has 0 radical (unpaired) electrons. The van der Waals surface area contributed by atoms with Crippen LogP contribution in [0.15, 0.2) is 172 Å². The minimum atomic E-state index is -1.91. The molecule has 46 heavy (non-hydrogen) atoms. The first-order valence-corrected chi connectivity index (χ1v) is 16.5. The van der Waals surface area contributed by atoms with Crippen LogP contribution in [0.25, 0.3) is 43.5 Å². The second-order valence-corrected chi connectivity index (χ2v) is 12.3. The summed E-state index contributed by atoms with van der Waals surface area (Å²) in [6, 6.07) is 55.7. The lowest BCUT2D eigenvalue weighted by Gasteiger charge is -2.27. The van der Waals surface area contributed by atoms with Crippen LogP contribution in [-0.2, 0) is 11.3 Å². The third-order valence-electron chi connectivity index (χ3n) is 8.38. The Morgan fingerprint density at radius 1 is 0.457 bits per heavy atom. The molecule has 224 valence electrons. The largest absolute Gasteiger partial charge is 0.399 e. The lowest BCUT2D eigenvalue weighted by atomic mass is 9.98. The van der Waals surface area contributed by atoms with Crippen molar-refractivity contribution in [3.63, 3.8) is 0 Å². The zero-order valence-corrected chi connectivity index (χ0v) is 25.9. The lowest BCUT2D eigenvalue weighted by Crippen LogP contribution is -2.19. The van der Waals surface area contributed by atoms with Crippen molar-refractivity contribution in [2.45, 2.75) is 18.8 Å². The molecule has 0 fully saturated rings. The molecule has 7 aromatic carbocycles. The van der Waals surface area contributed by atoms with Crippen molar-refractivity contribution < 1.29 is 17.7 Å². The molecular formula is C41H31O4P. The number of hydrogen-bond acceptors (Lipinski definition) is 4. The highest BCUT2D eigenvalue weighted by atomic mass is 31.1. The summed E-state index contributed by atoms with van der Waals surface area (Å²) in [5.41, 5.74) is 4.53. The van der Waals surface area contributed by atoms with Crippen LogP contribution in [0.2, 0.25) is 0 Å². The molecule has 0 bridgehead atoms. The number of ether oxygens (including phenoxy) is 1. The zero-order valence-electron chi connectivity index (χ0n) is 25.0. The van der Waals surface area contributed by atoms with Gasteiger partial charge in [-0.15, -0.1) is 0 Å². The predicted molar refractivity (Wildman–Crippen MR) is 188 cm³/mol. The van der Waals surface area contributed by atoms with Crippen LogP contribution < -0.4 is 4.52 Å². The molecule has 1 heterocycles. The fourth-order valence-corrected chi connectivity index (χ4v) is 7.35. The minimum absolute atomic E-state index is 0.427. The predicted octanol–water partition coefficient (Wildman–Crippen LogP) is 11.7. The molecular weight excluding hydrogens is 587 g/mol. The van der Waals surface area contributed by atoms with E-state index in [-0.39, 0.29) is 0 Å². The van der Waals surface area contributed by atoms with E-state index in [1.54, 1.807) is 0 Å². The van der Waals surface area contributed by atoms with Crippen molar-refractivity contribution in [1.29, 1.82) is 0 Å². The first kappa shape index (κ1) is 28.4. The van der Waals surface area contributed by atoms with E-state index in [4.69, 9.17) is 17.7 Å². The standard InChI is InChI=1S/C41H31O4P/c1-4-14-29(15-5-1)28-42-40(32-18-6-2-7-19-32)41(33-20-8-3-9-21-33)45-46-43-36-26-24-30-16-10-12-22-34(30)38(36)39-35-23-13-11-17-31(35)25-27-37(39)44-46/h1-27,40-41H,28H2/t40-,41-/m1/s1. The second-order valence-electron chi connectivity index (χ2n) is 11.3. The summed E-state index contributed by atoms with van der Waals surface area (Å²) in [5, 5.41) is 6.49. The molecule has 0 aliphatic heterocycles. The van der Waals surface area contributed by atoms with Gasteiger partial charge in [-0.3, -0.25) is 4.52 Å². The summed E-state index contributed by atoms with van der Waals surface area (Å²) in [7, 11) is -1.91. The highest BCUT2D eigenvalue weighted by molar-refractivity contribution is 7.31. The van der Waals surface area contributed by atoms with Gasteiger partial charge in [-0.2, -0.15) is 0 Å². The molecule has 8 rings (SSSR count). The van der Waals surface area contributed by atoms with E-state index in [1.807, 2.05) is 66.7 Å². The van der Waals surface area contributed by atoms with Crippen molar-refractivity contribution in [2.75, 3.05) is 0 Å². The molecule has 8 aromatic rings. The van der Waals surface area contributed by atoms with Gasteiger partial charge in [0, 0.05) is 10.8 Å². The van der Waals surface area contributed by atoms with Crippen LogP contribution in [0.3, 0.4) is 0 Å². The van der Waals surface area contributed by atoms with Crippen molar-refractivity contribution in [2.24, 2.45) is 0 Å². The lowest BCUT2D eigenvalue weighted by molar-refractivity contribution is -0.0255. The van der Waals surface area contributed by atoms with Gasteiger partial charge in [0.15, 0.2) is 0 Å². The Morgan fingerprint density at radius 2 is 0.913 bits per heavy atom. The van der Waals surface area contributed by atoms with E-state index in [9.17, 15) is 0 Å². The molecule has 5 heteroatoms. The number of hydrogen-bond donors (Lipinski definition) is 0. The molecule has 0 N–H and O–H groups in total. The average Bonchev–Trinajstić information content (AvgIpc) is 3.29. The van der Waals surface area contributed by atoms with E-state index in [0.29, 0.717) is 6.61 Å². The highest BCUT2D eigenvalue weighted by Gasteiger charge is 2.29. The van der Waals surface area contributed by atoms with Gasteiger partial charge in [0.1, 0.15) is 23.4 Å². The van der Waals surface area contributed by atoms with Crippen LogP contribution in [0.4, 0.5) is 0 Å². The van der Waals surface area contributed by atoms with E-state index < -0.39 is 20.4 Å². The normalized spacial score (nSPS) is 12.9. The van der Waals surface area contributed by atoms with Gasteiger partial charge in [-0.05, 0) is 50.4 Å². The van der Waals surface area contributed by atoms with Crippen LogP contribution >= 0.6 is 8.24 Å². The molecule has 0 saturated carbocycles. The van der Waals surface area contributed by atoms with Gasteiger partial charge in [0.05, 0.1) is 6.61 Å². The SMILES string of the molecule is c1ccc(CO[C@H](c2ccccc2)[C@H](Op2oc3ccc4ccccc4c3c3c(ccc4ccccc43)o2)c2ccccc2)cc1. The Kier molecular flexibility index (Phi) is 7.83. The summed E-state index contributed by atoms with van der Waals surface area (Å²) in [5.74, 6) is 0. The van der Waals surface area contributed by atoms with Crippen LogP contribution in [-0.4, -0.2) is 0 Å². The molecule has 0 aliphatic rings. The molecule has 2 atom stereocenters. The first-order valence-electron chi connectivity index (χ1n) is 15.4. The number of rotatable bonds is 8. The minimum Gasteiger partial charge on any atom is -0.399 e. The third kappa shape index (κ3) is 5.59. The van der Waals surface area contributed by atoms with Gasteiger partial charge in [-0.25, -0.2) is 0 Å². The maximum absolute atomic E-state index is 7.00. The van der Waals surface area contributed by atoms with Gasteiger partial charge < -0.3 is 13.1 Å². The first-order chi connectivity index (χ1) is 22.8. The van der Waals surface area contributed by atoms with Gasteiger partial charge in [-0.1, -0.05) is 152 Å². The summed E-state index contributed by atoms with van der Waals surface area (Å²) in [4.78, 5) is 0. The third-order valence-corrected chi connectivity index (χ3v) is 9.47. The van der Waals surface area contributed by atoms with Crippen LogP contribution in [0, 0.1) is 0 Å². The van der Waals surface area contributed by atoms with Crippen LogP contribution in [0.5, 0.6) is 0 Å². The topological polar surface area (TPSA) is 44.7 Å². The Hall–Kier alpha value is -5.12. The quantitative estimate of drug-likeness (QED) is 0.170. The van der Waals surface area contributed by atoms with Crippen molar-refractivity contribution in [3.8, 4) is 0 Å².